The first-order chi connectivity index (χ1) is 8.83. The Morgan fingerprint density at radius 3 is 2.78 bits per heavy atom. The number of halogens is 1. The number of benzene rings is 1. The van der Waals surface area contributed by atoms with Crippen LogP contribution in [0.2, 0.25) is 0 Å². The number of fused-ring (bicyclic) bond motifs is 1. The highest BCUT2D eigenvalue weighted by molar-refractivity contribution is 5.34. The molecule has 1 nitrogen and oxygen atoms in total. The van der Waals surface area contributed by atoms with E-state index in [1.165, 1.54) is 43.2 Å². The third kappa shape index (κ3) is 2.59. The maximum absolute atomic E-state index is 13.1. The molecule has 0 aromatic heterocycles. The molecule has 1 atom stereocenters. The van der Waals surface area contributed by atoms with Crippen molar-refractivity contribution in [2.75, 3.05) is 6.54 Å². The molecule has 18 heavy (non-hydrogen) atoms. The Morgan fingerprint density at radius 2 is 1.94 bits per heavy atom. The predicted octanol–water partition coefficient (Wildman–Crippen LogP) is 3.98. The van der Waals surface area contributed by atoms with Crippen LogP contribution in [0.15, 0.2) is 18.2 Å². The van der Waals surface area contributed by atoms with Crippen molar-refractivity contribution < 1.29 is 4.39 Å². The molecule has 1 fully saturated rings. The fourth-order valence-electron chi connectivity index (χ4n) is 3.50. The van der Waals surface area contributed by atoms with Gasteiger partial charge in [-0.2, -0.15) is 0 Å². The smallest absolute Gasteiger partial charge is 0.123 e. The van der Waals surface area contributed by atoms with Crippen molar-refractivity contribution in [2.45, 2.75) is 51.0 Å². The van der Waals surface area contributed by atoms with Crippen LogP contribution in [0.3, 0.4) is 0 Å². The summed E-state index contributed by atoms with van der Waals surface area (Å²) in [6, 6.07) is 5.73. The normalized spacial score (nSPS) is 24.2. The van der Waals surface area contributed by atoms with Gasteiger partial charge < -0.3 is 5.32 Å². The van der Waals surface area contributed by atoms with Crippen molar-refractivity contribution in [1.82, 2.24) is 5.32 Å². The van der Waals surface area contributed by atoms with Gasteiger partial charge in [-0.05, 0) is 61.4 Å². The van der Waals surface area contributed by atoms with Crippen molar-refractivity contribution in [3.05, 3.63) is 35.1 Å². The van der Waals surface area contributed by atoms with Gasteiger partial charge in [-0.1, -0.05) is 25.3 Å². The molecule has 0 radical (unpaired) electrons. The summed E-state index contributed by atoms with van der Waals surface area (Å²) in [4.78, 5) is 0. The van der Waals surface area contributed by atoms with E-state index in [1.54, 1.807) is 12.1 Å². The molecule has 1 aromatic carbocycles. The molecule has 1 unspecified atom stereocenters. The first kappa shape index (κ1) is 12.2. The predicted molar refractivity (Wildman–Crippen MR) is 72.0 cm³/mol. The fourth-order valence-corrected chi connectivity index (χ4v) is 3.50. The fraction of sp³-hybridized carbons (Fsp3) is 0.625. The molecule has 0 bridgehead atoms. The zero-order valence-electron chi connectivity index (χ0n) is 10.9. The van der Waals surface area contributed by atoms with Crippen LogP contribution < -0.4 is 5.32 Å². The largest absolute Gasteiger partial charge is 0.310 e. The number of hydrogen-bond acceptors (Lipinski definition) is 1. The first-order valence-electron chi connectivity index (χ1n) is 7.34. The van der Waals surface area contributed by atoms with Crippen LogP contribution in [0, 0.1) is 11.7 Å². The molecule has 1 aromatic rings. The molecule has 0 spiro atoms. The van der Waals surface area contributed by atoms with E-state index < -0.39 is 0 Å². The second kappa shape index (κ2) is 5.40. The molecule has 1 saturated carbocycles. The summed E-state index contributed by atoms with van der Waals surface area (Å²) in [5, 5.41) is 3.70. The van der Waals surface area contributed by atoms with Gasteiger partial charge in [-0.15, -0.1) is 0 Å². The van der Waals surface area contributed by atoms with Gasteiger partial charge in [0, 0.05) is 6.04 Å². The molecule has 0 amide bonds. The Bertz CT molecular complexity index is 410. The molecular weight excluding hydrogens is 225 g/mol. The minimum absolute atomic E-state index is 0.0957. The van der Waals surface area contributed by atoms with Crippen LogP contribution in [0.5, 0.6) is 0 Å². The molecule has 2 aliphatic rings. The summed E-state index contributed by atoms with van der Waals surface area (Å²) >= 11 is 0. The van der Waals surface area contributed by atoms with E-state index >= 15 is 0 Å². The first-order valence-corrected chi connectivity index (χ1v) is 7.34. The van der Waals surface area contributed by atoms with Crippen LogP contribution in [0.25, 0.3) is 0 Å². The number of nitrogens with one attached hydrogen (secondary N) is 1. The molecule has 2 aliphatic carbocycles. The highest BCUT2D eigenvalue weighted by Crippen LogP contribution is 2.32. The van der Waals surface area contributed by atoms with E-state index in [-0.39, 0.29) is 5.82 Å². The zero-order chi connectivity index (χ0) is 12.4. The lowest BCUT2D eigenvalue weighted by atomic mass is 9.89. The van der Waals surface area contributed by atoms with E-state index in [0.29, 0.717) is 6.04 Å². The summed E-state index contributed by atoms with van der Waals surface area (Å²) in [6.45, 7) is 1.14. The number of hydrogen-bond donors (Lipinski definition) is 1. The van der Waals surface area contributed by atoms with E-state index in [9.17, 15) is 4.39 Å². The highest BCUT2D eigenvalue weighted by Gasteiger charge is 2.23. The number of rotatable bonds is 3. The van der Waals surface area contributed by atoms with Gasteiger partial charge in [0.25, 0.3) is 0 Å². The molecule has 0 saturated heterocycles. The SMILES string of the molecule is Fc1ccc2c(c1)CCC2NCC1CCCCC1. The van der Waals surface area contributed by atoms with Gasteiger partial charge in [-0.25, -0.2) is 4.39 Å². The molecular formula is C16H22FN. The summed E-state index contributed by atoms with van der Waals surface area (Å²) < 4.78 is 13.1. The molecule has 3 rings (SSSR count). The van der Waals surface area contributed by atoms with Crippen LogP contribution in [0.4, 0.5) is 4.39 Å². The third-order valence-corrected chi connectivity index (χ3v) is 4.56. The average molecular weight is 247 g/mol. The van der Waals surface area contributed by atoms with Gasteiger partial charge >= 0.3 is 0 Å². The lowest BCUT2D eigenvalue weighted by Gasteiger charge is -2.24. The minimum atomic E-state index is -0.0957. The van der Waals surface area contributed by atoms with Gasteiger partial charge in [0.15, 0.2) is 0 Å². The summed E-state index contributed by atoms with van der Waals surface area (Å²) in [5.41, 5.74) is 2.53. The quantitative estimate of drug-likeness (QED) is 0.851. The Balaban J connectivity index is 1.59. The second-order valence-corrected chi connectivity index (χ2v) is 5.85. The van der Waals surface area contributed by atoms with Crippen LogP contribution in [-0.4, -0.2) is 6.54 Å². The minimum Gasteiger partial charge on any atom is -0.310 e. The standard InChI is InChI=1S/C16H22FN/c17-14-7-8-15-13(10-14)6-9-16(15)18-11-12-4-2-1-3-5-12/h7-8,10,12,16,18H,1-6,9,11H2. The summed E-state index contributed by atoms with van der Waals surface area (Å²) in [6.07, 6.45) is 9.15. The molecule has 0 heterocycles. The maximum Gasteiger partial charge on any atom is 0.123 e. The van der Waals surface area contributed by atoms with Crippen molar-refractivity contribution in [3.8, 4) is 0 Å². The van der Waals surface area contributed by atoms with E-state index in [4.69, 9.17) is 0 Å². The Morgan fingerprint density at radius 1 is 1.11 bits per heavy atom. The Labute approximate surface area is 109 Å². The second-order valence-electron chi connectivity index (χ2n) is 5.85. The monoisotopic (exact) mass is 247 g/mol. The zero-order valence-corrected chi connectivity index (χ0v) is 10.9. The van der Waals surface area contributed by atoms with E-state index in [2.05, 4.69) is 5.32 Å². The summed E-state index contributed by atoms with van der Waals surface area (Å²) in [7, 11) is 0. The van der Waals surface area contributed by atoms with Crippen molar-refractivity contribution in [2.24, 2.45) is 5.92 Å². The van der Waals surface area contributed by atoms with Gasteiger partial charge in [0.2, 0.25) is 0 Å². The van der Waals surface area contributed by atoms with Crippen molar-refractivity contribution in [3.63, 3.8) is 0 Å². The third-order valence-electron chi connectivity index (χ3n) is 4.56. The van der Waals surface area contributed by atoms with Crippen molar-refractivity contribution in [1.29, 1.82) is 0 Å². The van der Waals surface area contributed by atoms with E-state index in [0.717, 1.165) is 25.3 Å². The molecule has 98 valence electrons. The Kier molecular flexibility index (Phi) is 3.64. The molecule has 1 N–H and O–H groups in total. The van der Waals surface area contributed by atoms with Gasteiger partial charge in [0.05, 0.1) is 0 Å². The van der Waals surface area contributed by atoms with E-state index in [1.807, 2.05) is 6.07 Å². The van der Waals surface area contributed by atoms with Gasteiger partial charge in [-0.3, -0.25) is 0 Å². The lowest BCUT2D eigenvalue weighted by Crippen LogP contribution is -2.27. The van der Waals surface area contributed by atoms with Crippen molar-refractivity contribution >= 4 is 0 Å². The highest BCUT2D eigenvalue weighted by atomic mass is 19.1. The van der Waals surface area contributed by atoms with Gasteiger partial charge in [0.1, 0.15) is 5.82 Å². The molecule has 0 aliphatic heterocycles. The Hall–Kier alpha value is -0.890. The summed E-state index contributed by atoms with van der Waals surface area (Å²) in [5.74, 6) is 0.768. The topological polar surface area (TPSA) is 12.0 Å². The van der Waals surface area contributed by atoms with Crippen LogP contribution in [0.1, 0.15) is 55.7 Å². The van der Waals surface area contributed by atoms with Crippen LogP contribution >= 0.6 is 0 Å². The average Bonchev–Trinajstić information content (AvgIpc) is 2.80. The maximum atomic E-state index is 13.1. The molecule has 2 heteroatoms. The van der Waals surface area contributed by atoms with Crippen LogP contribution in [-0.2, 0) is 6.42 Å². The number of aryl methyl sites for hydroxylation is 1. The lowest BCUT2D eigenvalue weighted by molar-refractivity contribution is 0.327.